The number of nitrogens with two attached hydrogens (primary N) is 1. The van der Waals surface area contributed by atoms with Gasteiger partial charge in [-0.05, 0) is 31.0 Å². The molecule has 0 bridgehead atoms. The average molecular weight is 220 g/mol. The van der Waals surface area contributed by atoms with Crippen molar-refractivity contribution in [1.82, 2.24) is 5.32 Å². The van der Waals surface area contributed by atoms with Crippen LogP contribution < -0.4 is 11.1 Å². The SMILES string of the molecule is Nc1cccc(C(=O)NC[C@H]2CCCO2)c1. The Morgan fingerprint density at radius 3 is 3.12 bits per heavy atom. The van der Waals surface area contributed by atoms with Crippen LogP contribution in [0.1, 0.15) is 23.2 Å². The van der Waals surface area contributed by atoms with Gasteiger partial charge in [-0.1, -0.05) is 6.07 Å². The molecule has 2 rings (SSSR count). The van der Waals surface area contributed by atoms with Crippen LogP contribution in [-0.4, -0.2) is 25.2 Å². The lowest BCUT2D eigenvalue weighted by Gasteiger charge is -2.10. The van der Waals surface area contributed by atoms with Crippen LogP contribution in [0.15, 0.2) is 24.3 Å². The van der Waals surface area contributed by atoms with Crippen molar-refractivity contribution in [3.05, 3.63) is 29.8 Å². The number of nitrogen functional groups attached to an aromatic ring is 1. The van der Waals surface area contributed by atoms with Crippen molar-refractivity contribution in [2.75, 3.05) is 18.9 Å². The molecule has 0 aromatic heterocycles. The Morgan fingerprint density at radius 1 is 1.56 bits per heavy atom. The zero-order valence-electron chi connectivity index (χ0n) is 9.11. The van der Waals surface area contributed by atoms with E-state index in [1.807, 2.05) is 0 Å². The normalized spacial score (nSPS) is 19.6. The van der Waals surface area contributed by atoms with Crippen molar-refractivity contribution >= 4 is 11.6 Å². The summed E-state index contributed by atoms with van der Waals surface area (Å²) in [6.07, 6.45) is 2.28. The maximum Gasteiger partial charge on any atom is 0.251 e. The topological polar surface area (TPSA) is 64.4 Å². The van der Waals surface area contributed by atoms with E-state index in [0.717, 1.165) is 19.4 Å². The smallest absolute Gasteiger partial charge is 0.251 e. The Morgan fingerprint density at radius 2 is 2.44 bits per heavy atom. The third-order valence-corrected chi connectivity index (χ3v) is 2.66. The third-order valence-electron chi connectivity index (χ3n) is 2.66. The highest BCUT2D eigenvalue weighted by molar-refractivity contribution is 5.94. The second kappa shape index (κ2) is 4.99. The number of hydrogen-bond donors (Lipinski definition) is 2. The van der Waals surface area contributed by atoms with Crippen LogP contribution in [0.4, 0.5) is 5.69 Å². The fourth-order valence-electron chi connectivity index (χ4n) is 1.79. The lowest BCUT2D eigenvalue weighted by molar-refractivity contribution is 0.0858. The van der Waals surface area contributed by atoms with Gasteiger partial charge in [-0.15, -0.1) is 0 Å². The van der Waals surface area contributed by atoms with Crippen LogP contribution in [0, 0.1) is 0 Å². The maximum absolute atomic E-state index is 11.7. The molecule has 86 valence electrons. The molecule has 1 aliphatic rings. The van der Waals surface area contributed by atoms with Crippen molar-refractivity contribution in [2.24, 2.45) is 0 Å². The number of hydrogen-bond acceptors (Lipinski definition) is 3. The van der Waals surface area contributed by atoms with E-state index in [0.29, 0.717) is 17.8 Å². The second-order valence-electron chi connectivity index (χ2n) is 3.97. The number of carbonyl (C=O) groups is 1. The molecule has 1 saturated heterocycles. The van der Waals surface area contributed by atoms with Crippen LogP contribution in [-0.2, 0) is 4.74 Å². The van der Waals surface area contributed by atoms with Gasteiger partial charge in [0.15, 0.2) is 0 Å². The van der Waals surface area contributed by atoms with E-state index in [2.05, 4.69) is 5.32 Å². The maximum atomic E-state index is 11.7. The summed E-state index contributed by atoms with van der Waals surface area (Å²) in [5.74, 6) is -0.0946. The number of anilines is 1. The number of carbonyl (C=O) groups excluding carboxylic acids is 1. The first kappa shape index (κ1) is 11.0. The molecule has 0 aliphatic carbocycles. The molecule has 1 fully saturated rings. The van der Waals surface area contributed by atoms with E-state index in [1.165, 1.54) is 0 Å². The highest BCUT2D eigenvalue weighted by atomic mass is 16.5. The van der Waals surface area contributed by atoms with Crippen LogP contribution in [0.3, 0.4) is 0 Å². The molecule has 1 amide bonds. The molecular formula is C12H16N2O2. The second-order valence-corrected chi connectivity index (χ2v) is 3.97. The van der Waals surface area contributed by atoms with E-state index in [1.54, 1.807) is 24.3 Å². The van der Waals surface area contributed by atoms with Gasteiger partial charge in [0, 0.05) is 24.4 Å². The standard InChI is InChI=1S/C12H16N2O2/c13-10-4-1-3-9(7-10)12(15)14-8-11-5-2-6-16-11/h1,3-4,7,11H,2,5-6,8,13H2,(H,14,15)/t11-/m1/s1. The van der Waals surface area contributed by atoms with E-state index < -0.39 is 0 Å². The van der Waals surface area contributed by atoms with Gasteiger partial charge in [0.05, 0.1) is 6.10 Å². The van der Waals surface area contributed by atoms with Gasteiger partial charge in [0.2, 0.25) is 0 Å². The zero-order chi connectivity index (χ0) is 11.4. The predicted octanol–water partition coefficient (Wildman–Crippen LogP) is 1.18. The fraction of sp³-hybridized carbons (Fsp3) is 0.417. The summed E-state index contributed by atoms with van der Waals surface area (Å²) in [4.78, 5) is 11.7. The molecule has 0 radical (unpaired) electrons. The Hall–Kier alpha value is -1.55. The van der Waals surface area contributed by atoms with Crippen molar-refractivity contribution in [2.45, 2.75) is 18.9 Å². The molecule has 1 atom stereocenters. The van der Waals surface area contributed by atoms with E-state index in [9.17, 15) is 4.79 Å². The van der Waals surface area contributed by atoms with Gasteiger partial charge in [0.25, 0.3) is 5.91 Å². The Kier molecular flexibility index (Phi) is 3.41. The van der Waals surface area contributed by atoms with Gasteiger partial charge in [0.1, 0.15) is 0 Å². The molecule has 3 N–H and O–H groups in total. The van der Waals surface area contributed by atoms with Crippen LogP contribution in [0.25, 0.3) is 0 Å². The summed E-state index contributed by atoms with van der Waals surface area (Å²) in [5, 5.41) is 2.85. The monoisotopic (exact) mass is 220 g/mol. The molecule has 0 spiro atoms. The number of ether oxygens (including phenoxy) is 1. The quantitative estimate of drug-likeness (QED) is 0.752. The largest absolute Gasteiger partial charge is 0.399 e. The van der Waals surface area contributed by atoms with Crippen molar-refractivity contribution in [1.29, 1.82) is 0 Å². The summed E-state index contributed by atoms with van der Waals surface area (Å²) < 4.78 is 5.42. The van der Waals surface area contributed by atoms with Gasteiger partial charge in [-0.25, -0.2) is 0 Å². The molecular weight excluding hydrogens is 204 g/mol. The third kappa shape index (κ3) is 2.73. The molecule has 1 heterocycles. The minimum absolute atomic E-state index is 0.0946. The summed E-state index contributed by atoms with van der Waals surface area (Å²) in [6.45, 7) is 1.38. The Bertz CT molecular complexity index is 373. The van der Waals surface area contributed by atoms with Gasteiger partial charge in [-0.3, -0.25) is 4.79 Å². The number of benzene rings is 1. The molecule has 16 heavy (non-hydrogen) atoms. The predicted molar refractivity (Wildman–Crippen MR) is 62.2 cm³/mol. The first-order valence-electron chi connectivity index (χ1n) is 5.51. The molecule has 1 aliphatic heterocycles. The summed E-state index contributed by atoms with van der Waals surface area (Å²) in [7, 11) is 0. The Balaban J connectivity index is 1.87. The molecule has 1 aromatic rings. The van der Waals surface area contributed by atoms with Gasteiger partial charge in [-0.2, -0.15) is 0 Å². The van der Waals surface area contributed by atoms with Crippen molar-refractivity contribution in [3.8, 4) is 0 Å². The molecule has 0 saturated carbocycles. The highest BCUT2D eigenvalue weighted by Crippen LogP contribution is 2.11. The Labute approximate surface area is 94.8 Å². The molecule has 1 aromatic carbocycles. The van der Waals surface area contributed by atoms with Crippen LogP contribution in [0.5, 0.6) is 0 Å². The van der Waals surface area contributed by atoms with Gasteiger partial charge >= 0.3 is 0 Å². The van der Waals surface area contributed by atoms with E-state index >= 15 is 0 Å². The lowest BCUT2D eigenvalue weighted by Crippen LogP contribution is -2.31. The van der Waals surface area contributed by atoms with E-state index in [-0.39, 0.29) is 12.0 Å². The lowest BCUT2D eigenvalue weighted by atomic mass is 10.2. The molecule has 4 heteroatoms. The van der Waals surface area contributed by atoms with Crippen molar-refractivity contribution < 1.29 is 9.53 Å². The summed E-state index contributed by atoms with van der Waals surface area (Å²) in [5.41, 5.74) is 6.81. The number of nitrogens with one attached hydrogen (secondary N) is 1. The zero-order valence-corrected chi connectivity index (χ0v) is 9.11. The van der Waals surface area contributed by atoms with Crippen LogP contribution in [0.2, 0.25) is 0 Å². The summed E-state index contributed by atoms with van der Waals surface area (Å²) >= 11 is 0. The minimum Gasteiger partial charge on any atom is -0.399 e. The highest BCUT2D eigenvalue weighted by Gasteiger charge is 2.16. The summed E-state index contributed by atoms with van der Waals surface area (Å²) in [6, 6.07) is 6.96. The van der Waals surface area contributed by atoms with Crippen molar-refractivity contribution in [3.63, 3.8) is 0 Å². The van der Waals surface area contributed by atoms with E-state index in [4.69, 9.17) is 10.5 Å². The average Bonchev–Trinajstić information content (AvgIpc) is 2.78. The fourth-order valence-corrected chi connectivity index (χ4v) is 1.79. The van der Waals surface area contributed by atoms with Crippen LogP contribution >= 0.6 is 0 Å². The first-order valence-corrected chi connectivity index (χ1v) is 5.51. The molecule has 4 nitrogen and oxygen atoms in total. The van der Waals surface area contributed by atoms with Gasteiger partial charge < -0.3 is 15.8 Å². The number of rotatable bonds is 3. The minimum atomic E-state index is -0.0946. The molecule has 0 unspecified atom stereocenters. The number of amides is 1. The first-order chi connectivity index (χ1) is 7.75.